The molecule has 3 aliphatic heterocycles. The number of anilines is 1. The number of hydrogen-bond donors (Lipinski definition) is 7. The second-order valence-electron chi connectivity index (χ2n) is 15.7. The Bertz CT molecular complexity index is 2070. The van der Waals surface area contributed by atoms with Crippen LogP contribution in [0.5, 0.6) is 0 Å². The highest BCUT2D eigenvalue weighted by molar-refractivity contribution is 6.08. The fourth-order valence-corrected chi connectivity index (χ4v) is 9.06. The van der Waals surface area contributed by atoms with E-state index in [1.165, 1.54) is 72.4 Å². The fourth-order valence-electron chi connectivity index (χ4n) is 9.06. The van der Waals surface area contributed by atoms with E-state index in [1.807, 2.05) is 0 Å². The van der Waals surface area contributed by atoms with Crippen LogP contribution in [-0.2, 0) is 28.6 Å². The fraction of sp³-hybridized carbons (Fsp3) is 0.500. The van der Waals surface area contributed by atoms with Gasteiger partial charge in [0.15, 0.2) is 17.5 Å². The van der Waals surface area contributed by atoms with Crippen molar-refractivity contribution in [3.05, 3.63) is 65.1 Å². The summed E-state index contributed by atoms with van der Waals surface area (Å²) in [5.41, 5.74) is -3.36. The Labute approximate surface area is 390 Å². The second kappa shape index (κ2) is 23.5. The standard InChI is InChI=1S/C44H57N7O17/c1-7-28(48(40(58)59)37-34(55)31(52)24(21-45-37)15-18-66-4)44(51(43(64)65)27-13-11-10-12-14-27,29(8-2)49(41(60)61)38-35(56)32(53)25(22-46-38)16-19-67-5)30(9-3)50(42(62)63)39-36(57)33(54)26(23-47-39)17-20-68-6/h10-14,21-26,28-30,55-57H,7-9,15-20H2,1-6H3,(H,58,59)(H,60,61)(H,62,63)(H,64,65). The number of ether oxygens (including phenoxy) is 3. The molecule has 1 aromatic rings. The number of carbonyl (C=O) groups is 7. The largest absolute Gasteiger partial charge is 0.502 e. The van der Waals surface area contributed by atoms with Gasteiger partial charge in [-0.25, -0.2) is 34.2 Å². The molecule has 370 valence electrons. The summed E-state index contributed by atoms with van der Waals surface area (Å²) in [5, 5.41) is 80.6. The SMILES string of the molecule is CCC(N(C(=O)O)C1=C(O)C(=O)C(CCOC)C=N1)C(C(CC)N(C(=O)O)C1=C(O)C(=O)C(CCOC)C=N1)(C(CC)N(C(=O)O)C1=C(O)C(=O)C(CCOC)C=N1)N(C(=O)O)c1ccccc1. The van der Waals surface area contributed by atoms with Crippen LogP contribution < -0.4 is 4.90 Å². The van der Waals surface area contributed by atoms with E-state index in [9.17, 15) is 69.3 Å². The molecule has 4 amide bonds. The number of allylic oxidation sites excluding steroid dienone is 3. The predicted octanol–water partition coefficient (Wildman–Crippen LogP) is 5.29. The zero-order valence-electron chi connectivity index (χ0n) is 38.3. The van der Waals surface area contributed by atoms with Gasteiger partial charge >= 0.3 is 24.4 Å². The maximum absolute atomic E-state index is 14.5. The van der Waals surface area contributed by atoms with Gasteiger partial charge < -0.3 is 50.0 Å². The molecular formula is C44H57N7O17. The Balaban J connectivity index is 2.33. The maximum Gasteiger partial charge on any atom is 0.413 e. The van der Waals surface area contributed by atoms with E-state index in [0.717, 1.165) is 18.6 Å². The van der Waals surface area contributed by atoms with Gasteiger partial charge in [-0.05, 0) is 50.7 Å². The molecule has 6 unspecified atom stereocenters. The molecule has 6 atom stereocenters. The maximum atomic E-state index is 14.5. The molecule has 1 aromatic carbocycles. The van der Waals surface area contributed by atoms with Crippen LogP contribution in [0.2, 0.25) is 0 Å². The van der Waals surface area contributed by atoms with E-state index in [2.05, 4.69) is 15.0 Å². The van der Waals surface area contributed by atoms with E-state index in [-0.39, 0.29) is 44.8 Å². The topological polar surface area (TPSA) is 339 Å². The molecule has 0 radical (unpaired) electrons. The molecule has 0 saturated carbocycles. The summed E-state index contributed by atoms with van der Waals surface area (Å²) < 4.78 is 15.2. The van der Waals surface area contributed by atoms with Gasteiger partial charge in [-0.2, -0.15) is 0 Å². The van der Waals surface area contributed by atoms with Crippen molar-refractivity contribution >= 4 is 66.1 Å². The molecule has 3 aliphatic rings. The van der Waals surface area contributed by atoms with Crippen molar-refractivity contribution in [1.82, 2.24) is 14.7 Å². The number of aliphatic hydroxyl groups excluding tert-OH is 3. The summed E-state index contributed by atoms with van der Waals surface area (Å²) >= 11 is 0. The van der Waals surface area contributed by atoms with Crippen LogP contribution in [-0.4, -0.2) is 176 Å². The molecule has 3 heterocycles. The number of carbonyl (C=O) groups excluding carboxylic acids is 3. The quantitative estimate of drug-likeness (QED) is 0.0733. The van der Waals surface area contributed by atoms with Crippen molar-refractivity contribution in [3.63, 3.8) is 0 Å². The number of carboxylic acid groups (broad SMARTS) is 4. The van der Waals surface area contributed by atoms with Gasteiger partial charge in [-0.15, -0.1) is 0 Å². The molecule has 24 nitrogen and oxygen atoms in total. The van der Waals surface area contributed by atoms with Crippen LogP contribution in [0, 0.1) is 17.8 Å². The van der Waals surface area contributed by atoms with Gasteiger partial charge in [-0.1, -0.05) is 39.0 Å². The zero-order chi connectivity index (χ0) is 50.6. The highest BCUT2D eigenvalue weighted by Crippen LogP contribution is 2.47. The number of para-hydroxylation sites is 1. The minimum Gasteiger partial charge on any atom is -0.502 e. The average Bonchev–Trinajstić information content (AvgIpc) is 3.30. The second-order valence-corrected chi connectivity index (χ2v) is 15.7. The minimum atomic E-state index is -3.03. The van der Waals surface area contributed by atoms with Crippen LogP contribution in [0.25, 0.3) is 0 Å². The van der Waals surface area contributed by atoms with Gasteiger partial charge in [0.05, 0.1) is 35.9 Å². The summed E-state index contributed by atoms with van der Waals surface area (Å²) in [7, 11) is 4.06. The highest BCUT2D eigenvalue weighted by Gasteiger charge is 2.65. The summed E-state index contributed by atoms with van der Waals surface area (Å²) in [6.45, 7) is 3.99. The van der Waals surface area contributed by atoms with E-state index in [0.29, 0.717) is 19.6 Å². The third-order valence-electron chi connectivity index (χ3n) is 12.0. The Hall–Kier alpha value is -7.18. The predicted molar refractivity (Wildman–Crippen MR) is 241 cm³/mol. The van der Waals surface area contributed by atoms with Crippen LogP contribution in [0.1, 0.15) is 59.3 Å². The van der Waals surface area contributed by atoms with Gasteiger partial charge in [-0.3, -0.25) is 34.0 Å². The third-order valence-corrected chi connectivity index (χ3v) is 12.0. The molecule has 0 fully saturated rings. The van der Waals surface area contributed by atoms with Gasteiger partial charge in [0.2, 0.25) is 34.6 Å². The lowest BCUT2D eigenvalue weighted by atomic mass is 9.69. The van der Waals surface area contributed by atoms with Crippen LogP contribution >= 0.6 is 0 Å². The number of amides is 4. The number of rotatable bonds is 23. The van der Waals surface area contributed by atoms with E-state index >= 15 is 0 Å². The highest BCUT2D eigenvalue weighted by atomic mass is 16.5. The Morgan fingerprint density at radius 2 is 0.838 bits per heavy atom. The first kappa shape index (κ1) is 53.4. The Kier molecular flexibility index (Phi) is 18.5. The van der Waals surface area contributed by atoms with Crippen molar-refractivity contribution < 1.29 is 83.5 Å². The summed E-state index contributed by atoms with van der Waals surface area (Å²) in [4.78, 5) is 112. The molecule has 4 rings (SSSR count). The van der Waals surface area contributed by atoms with E-state index < -0.39 is 137 Å². The number of nitrogens with zero attached hydrogens (tertiary/aromatic N) is 7. The Morgan fingerprint density at radius 1 is 0.544 bits per heavy atom. The summed E-state index contributed by atoms with van der Waals surface area (Å²) in [6, 6.07) is 0.121. The van der Waals surface area contributed by atoms with Crippen LogP contribution in [0.15, 0.2) is 80.0 Å². The molecule has 0 spiro atoms. The van der Waals surface area contributed by atoms with Crippen molar-refractivity contribution in [2.75, 3.05) is 46.0 Å². The molecule has 0 aliphatic carbocycles. The molecule has 0 bridgehead atoms. The zero-order valence-corrected chi connectivity index (χ0v) is 38.3. The van der Waals surface area contributed by atoms with Crippen molar-refractivity contribution in [2.24, 2.45) is 32.7 Å². The number of methoxy groups -OCH3 is 3. The first-order valence-corrected chi connectivity index (χ1v) is 21.5. The van der Waals surface area contributed by atoms with Gasteiger partial charge in [0.1, 0.15) is 5.54 Å². The number of benzene rings is 1. The summed E-state index contributed by atoms with van der Waals surface area (Å²) in [6.07, 6.45) is -6.83. The van der Waals surface area contributed by atoms with Gasteiger partial charge in [0.25, 0.3) is 0 Å². The van der Waals surface area contributed by atoms with Crippen molar-refractivity contribution in [1.29, 1.82) is 0 Å². The van der Waals surface area contributed by atoms with Crippen molar-refractivity contribution in [2.45, 2.75) is 83.0 Å². The lowest BCUT2D eigenvalue weighted by Crippen LogP contribution is -2.80. The number of ketones is 3. The minimum absolute atomic E-state index is 0.00700. The number of Topliss-reactive ketones (excluding diaryl/α,β-unsaturated/α-hetero) is 3. The smallest absolute Gasteiger partial charge is 0.413 e. The molecule has 68 heavy (non-hydrogen) atoms. The molecule has 0 aromatic heterocycles. The van der Waals surface area contributed by atoms with Crippen LogP contribution in [0.3, 0.4) is 0 Å². The molecule has 7 N–H and O–H groups in total. The number of aliphatic imine (C=N–C) groups is 3. The first-order chi connectivity index (χ1) is 32.4. The molecular weight excluding hydrogens is 899 g/mol. The lowest BCUT2D eigenvalue weighted by Gasteiger charge is -2.59. The monoisotopic (exact) mass is 955 g/mol. The normalized spacial score (nSPS) is 20.5. The third kappa shape index (κ3) is 10.4. The van der Waals surface area contributed by atoms with Crippen LogP contribution in [0.4, 0.5) is 24.9 Å². The van der Waals surface area contributed by atoms with E-state index in [1.54, 1.807) is 0 Å². The Morgan fingerprint density at radius 3 is 1.07 bits per heavy atom. The number of hydrogen-bond acceptors (Lipinski definition) is 16. The first-order valence-electron chi connectivity index (χ1n) is 21.5. The lowest BCUT2D eigenvalue weighted by molar-refractivity contribution is -0.121. The van der Waals surface area contributed by atoms with E-state index in [4.69, 9.17) is 14.2 Å². The number of aliphatic hydroxyl groups is 3. The van der Waals surface area contributed by atoms with Gasteiger partial charge in [0, 0.05) is 65.5 Å². The summed E-state index contributed by atoms with van der Waals surface area (Å²) in [5.74, 6) is -13.1. The molecule has 24 heteroatoms. The molecule has 0 saturated heterocycles. The van der Waals surface area contributed by atoms with Crippen molar-refractivity contribution in [3.8, 4) is 0 Å². The average molecular weight is 956 g/mol.